The molecule has 4 nitrogen and oxygen atoms in total. The maximum atomic E-state index is 12.4. The van der Waals surface area contributed by atoms with E-state index < -0.39 is 12.6 Å². The number of hydrogen-bond acceptors (Lipinski definition) is 4. The zero-order valence-corrected chi connectivity index (χ0v) is 11.4. The standard InChI is InChI=1S/C13H12ClF2NO3/c1-2-19-12(18)5-9-10(7-17)8(6-14)3-4-11(9)20-13(15)16/h3-4,13H,2,5-6H2,1H3. The molecule has 1 aromatic rings. The number of carbonyl (C=O) groups excluding carboxylic acids is 1. The second-order valence-electron chi connectivity index (χ2n) is 3.68. The molecule has 0 fully saturated rings. The fourth-order valence-electron chi connectivity index (χ4n) is 1.67. The van der Waals surface area contributed by atoms with Crippen molar-refractivity contribution in [3.05, 3.63) is 28.8 Å². The second kappa shape index (κ2) is 7.65. The minimum atomic E-state index is -3.05. The number of nitriles is 1. The summed E-state index contributed by atoms with van der Waals surface area (Å²) in [5.74, 6) is -0.832. The molecule has 0 N–H and O–H groups in total. The molecule has 0 saturated heterocycles. The van der Waals surface area contributed by atoms with Gasteiger partial charge in [0.05, 0.1) is 24.7 Å². The number of rotatable bonds is 6. The number of esters is 1. The van der Waals surface area contributed by atoms with Gasteiger partial charge in [-0.2, -0.15) is 14.0 Å². The van der Waals surface area contributed by atoms with Crippen LogP contribution in [0.4, 0.5) is 8.78 Å². The normalized spacial score (nSPS) is 10.2. The monoisotopic (exact) mass is 303 g/mol. The maximum absolute atomic E-state index is 12.4. The van der Waals surface area contributed by atoms with Crippen LogP contribution >= 0.6 is 11.6 Å². The van der Waals surface area contributed by atoms with E-state index in [1.165, 1.54) is 12.1 Å². The molecule has 0 heterocycles. The molecule has 0 spiro atoms. The highest BCUT2D eigenvalue weighted by Crippen LogP contribution is 2.28. The number of halogens is 3. The fraction of sp³-hybridized carbons (Fsp3) is 0.385. The van der Waals surface area contributed by atoms with Crippen molar-refractivity contribution in [2.45, 2.75) is 25.8 Å². The summed E-state index contributed by atoms with van der Waals surface area (Å²) in [5, 5.41) is 9.13. The molecular formula is C13H12ClF2NO3. The molecule has 0 aliphatic carbocycles. The van der Waals surface area contributed by atoms with Gasteiger partial charge in [-0.25, -0.2) is 0 Å². The first-order valence-electron chi connectivity index (χ1n) is 5.74. The van der Waals surface area contributed by atoms with Crippen molar-refractivity contribution in [2.24, 2.45) is 0 Å². The fourth-order valence-corrected chi connectivity index (χ4v) is 1.89. The molecule has 0 bridgehead atoms. The van der Waals surface area contributed by atoms with E-state index in [1.54, 1.807) is 6.92 Å². The van der Waals surface area contributed by atoms with Gasteiger partial charge in [0.2, 0.25) is 0 Å². The molecular weight excluding hydrogens is 292 g/mol. The summed E-state index contributed by atoms with van der Waals surface area (Å²) in [7, 11) is 0. The van der Waals surface area contributed by atoms with E-state index in [1.807, 2.05) is 6.07 Å². The van der Waals surface area contributed by atoms with Gasteiger partial charge >= 0.3 is 12.6 Å². The van der Waals surface area contributed by atoms with Crippen molar-refractivity contribution < 1.29 is 23.0 Å². The molecule has 0 aromatic heterocycles. The van der Waals surface area contributed by atoms with Gasteiger partial charge in [-0.1, -0.05) is 6.07 Å². The van der Waals surface area contributed by atoms with Crippen LogP contribution < -0.4 is 4.74 Å². The summed E-state index contributed by atoms with van der Waals surface area (Å²) < 4.78 is 33.8. The Morgan fingerprint density at radius 2 is 2.20 bits per heavy atom. The number of carbonyl (C=O) groups is 1. The Morgan fingerprint density at radius 1 is 1.50 bits per heavy atom. The zero-order chi connectivity index (χ0) is 15.1. The van der Waals surface area contributed by atoms with E-state index in [0.717, 1.165) is 0 Å². The van der Waals surface area contributed by atoms with Crippen molar-refractivity contribution in [3.8, 4) is 11.8 Å². The van der Waals surface area contributed by atoms with Gasteiger partial charge in [0.1, 0.15) is 5.75 Å². The predicted octanol–water partition coefficient (Wildman–Crippen LogP) is 3.00. The van der Waals surface area contributed by atoms with Gasteiger partial charge < -0.3 is 9.47 Å². The molecule has 0 aliphatic rings. The van der Waals surface area contributed by atoms with Gasteiger partial charge in [0.25, 0.3) is 0 Å². The Hall–Kier alpha value is -1.87. The highest BCUT2D eigenvalue weighted by atomic mass is 35.5. The lowest BCUT2D eigenvalue weighted by molar-refractivity contribution is -0.142. The zero-order valence-electron chi connectivity index (χ0n) is 10.7. The topological polar surface area (TPSA) is 59.3 Å². The van der Waals surface area contributed by atoms with Gasteiger partial charge in [0, 0.05) is 11.4 Å². The Kier molecular flexibility index (Phi) is 6.19. The summed E-state index contributed by atoms with van der Waals surface area (Å²) in [6.45, 7) is -1.28. The third-order valence-corrected chi connectivity index (χ3v) is 2.74. The van der Waals surface area contributed by atoms with Gasteiger partial charge in [-0.3, -0.25) is 4.79 Å². The molecule has 108 valence electrons. The van der Waals surface area contributed by atoms with Crippen LogP contribution in [0.1, 0.15) is 23.6 Å². The molecule has 0 unspecified atom stereocenters. The van der Waals surface area contributed by atoms with Crippen LogP contribution in [0, 0.1) is 11.3 Å². The third-order valence-electron chi connectivity index (χ3n) is 2.45. The molecule has 0 aliphatic heterocycles. The average Bonchev–Trinajstić information content (AvgIpc) is 2.40. The summed E-state index contributed by atoms with van der Waals surface area (Å²) in [5.41, 5.74) is 0.561. The summed E-state index contributed by atoms with van der Waals surface area (Å²) >= 11 is 5.68. The Balaban J connectivity index is 3.25. The Labute approximate surface area is 119 Å². The first-order valence-corrected chi connectivity index (χ1v) is 6.28. The molecule has 0 saturated carbocycles. The lowest BCUT2D eigenvalue weighted by Gasteiger charge is -2.14. The van der Waals surface area contributed by atoms with E-state index in [4.69, 9.17) is 21.6 Å². The number of nitrogens with zero attached hydrogens (tertiary/aromatic N) is 1. The molecule has 1 rings (SSSR count). The number of hydrogen-bond donors (Lipinski definition) is 0. The molecule has 0 atom stereocenters. The van der Waals surface area contributed by atoms with Gasteiger partial charge in [0.15, 0.2) is 0 Å². The van der Waals surface area contributed by atoms with Crippen LogP contribution in [-0.2, 0) is 21.8 Å². The molecule has 7 heteroatoms. The van der Waals surface area contributed by atoms with Crippen LogP contribution in [0.3, 0.4) is 0 Å². The second-order valence-corrected chi connectivity index (χ2v) is 3.95. The van der Waals surface area contributed by atoms with Crippen LogP contribution in [0.5, 0.6) is 5.75 Å². The minimum absolute atomic E-state index is 0.0215. The van der Waals surface area contributed by atoms with E-state index in [-0.39, 0.29) is 35.8 Å². The molecule has 0 radical (unpaired) electrons. The first kappa shape index (κ1) is 16.2. The van der Waals surface area contributed by atoms with Crippen LogP contribution in [-0.4, -0.2) is 19.2 Å². The van der Waals surface area contributed by atoms with E-state index >= 15 is 0 Å². The lowest BCUT2D eigenvalue weighted by Crippen LogP contribution is -2.13. The van der Waals surface area contributed by atoms with Crippen LogP contribution in [0.2, 0.25) is 0 Å². The summed E-state index contributed by atoms with van der Waals surface area (Å²) in [4.78, 5) is 11.5. The molecule has 1 aromatic carbocycles. The first-order chi connectivity index (χ1) is 9.53. The summed E-state index contributed by atoms with van der Waals surface area (Å²) in [6, 6.07) is 4.54. The van der Waals surface area contributed by atoms with E-state index in [2.05, 4.69) is 4.74 Å². The van der Waals surface area contributed by atoms with Crippen molar-refractivity contribution in [2.75, 3.05) is 6.61 Å². The van der Waals surface area contributed by atoms with Crippen LogP contribution in [0.25, 0.3) is 0 Å². The minimum Gasteiger partial charge on any atom is -0.466 e. The Bertz CT molecular complexity index is 529. The highest BCUT2D eigenvalue weighted by molar-refractivity contribution is 6.17. The van der Waals surface area contributed by atoms with Crippen molar-refractivity contribution in [3.63, 3.8) is 0 Å². The largest absolute Gasteiger partial charge is 0.466 e. The predicted molar refractivity (Wildman–Crippen MR) is 67.7 cm³/mol. The van der Waals surface area contributed by atoms with E-state index in [9.17, 15) is 13.6 Å². The average molecular weight is 304 g/mol. The van der Waals surface area contributed by atoms with Crippen molar-refractivity contribution >= 4 is 17.6 Å². The van der Waals surface area contributed by atoms with Gasteiger partial charge in [-0.05, 0) is 18.6 Å². The van der Waals surface area contributed by atoms with Gasteiger partial charge in [-0.15, -0.1) is 11.6 Å². The lowest BCUT2D eigenvalue weighted by atomic mass is 9.99. The smallest absolute Gasteiger partial charge is 0.387 e. The molecule has 0 amide bonds. The van der Waals surface area contributed by atoms with Crippen LogP contribution in [0.15, 0.2) is 12.1 Å². The SMILES string of the molecule is CCOC(=O)Cc1c(OC(F)F)ccc(CCl)c1C#N. The summed E-state index contributed by atoms with van der Waals surface area (Å²) in [6.07, 6.45) is -0.330. The molecule has 20 heavy (non-hydrogen) atoms. The number of ether oxygens (including phenoxy) is 2. The maximum Gasteiger partial charge on any atom is 0.387 e. The highest BCUT2D eigenvalue weighted by Gasteiger charge is 2.19. The third kappa shape index (κ3) is 4.07. The quantitative estimate of drug-likeness (QED) is 0.599. The van der Waals surface area contributed by atoms with Crippen molar-refractivity contribution in [1.29, 1.82) is 5.26 Å². The van der Waals surface area contributed by atoms with E-state index in [0.29, 0.717) is 5.56 Å². The number of alkyl halides is 3. The number of benzene rings is 1. The Morgan fingerprint density at radius 3 is 2.70 bits per heavy atom. The van der Waals surface area contributed by atoms with Crippen molar-refractivity contribution in [1.82, 2.24) is 0 Å².